The number of carbonyl (C=O) groups excluding carboxylic acids is 1. The molecule has 1 unspecified atom stereocenters. The molecule has 0 spiro atoms. The topological polar surface area (TPSA) is 106 Å². The van der Waals surface area contributed by atoms with Gasteiger partial charge in [-0.2, -0.15) is 0 Å². The van der Waals surface area contributed by atoms with Gasteiger partial charge >= 0.3 is 6.09 Å². The van der Waals surface area contributed by atoms with Gasteiger partial charge < -0.3 is 15.4 Å². The van der Waals surface area contributed by atoms with Crippen molar-refractivity contribution in [1.82, 2.24) is 10.6 Å². The lowest BCUT2D eigenvalue weighted by atomic mass is 10.3. The highest BCUT2D eigenvalue weighted by Crippen LogP contribution is 2.30. The van der Waals surface area contributed by atoms with E-state index in [0.29, 0.717) is 0 Å². The number of nitrogens with one attached hydrogen (secondary N) is 3. The van der Waals surface area contributed by atoms with Gasteiger partial charge in [-0.05, 0) is 25.2 Å². The molecule has 0 bridgehead atoms. The predicted molar refractivity (Wildman–Crippen MR) is 102 cm³/mol. The minimum atomic E-state index is -1.95. The number of benzene rings is 1. The van der Waals surface area contributed by atoms with Crippen molar-refractivity contribution in [2.45, 2.75) is 16.9 Å². The molecule has 0 heterocycles. The van der Waals surface area contributed by atoms with E-state index in [1.807, 2.05) is 0 Å². The lowest BCUT2D eigenvalue weighted by molar-refractivity contribution is -0.384. The second-order valence-electron chi connectivity index (χ2n) is 4.36. The van der Waals surface area contributed by atoms with Gasteiger partial charge in [0, 0.05) is 12.1 Å². The Hall–Kier alpha value is -1.26. The van der Waals surface area contributed by atoms with E-state index in [9.17, 15) is 14.9 Å². The highest BCUT2D eigenvalue weighted by atomic mass is 35.6. The van der Waals surface area contributed by atoms with E-state index in [0.717, 1.165) is 6.07 Å². The summed E-state index contributed by atoms with van der Waals surface area (Å²) >= 11 is 28.4. The number of nitro groups is 1. The molecule has 13 heteroatoms. The van der Waals surface area contributed by atoms with Crippen molar-refractivity contribution in [1.29, 1.82) is 0 Å². The van der Waals surface area contributed by atoms with Crippen molar-refractivity contribution in [3.63, 3.8) is 0 Å². The maximum atomic E-state index is 11.5. The molecule has 0 saturated heterocycles. The van der Waals surface area contributed by atoms with Crippen molar-refractivity contribution < 1.29 is 14.5 Å². The van der Waals surface area contributed by atoms with E-state index in [1.54, 1.807) is 6.92 Å². The van der Waals surface area contributed by atoms with Gasteiger partial charge in [0.1, 0.15) is 0 Å². The molecule has 0 aliphatic heterocycles. The molecule has 0 aliphatic carbocycles. The number of anilines is 1. The first-order valence-corrected chi connectivity index (χ1v) is 8.48. The third-order valence-corrected chi connectivity index (χ3v) is 3.74. The largest absolute Gasteiger partial charge is 0.450 e. The zero-order chi connectivity index (χ0) is 19.2. The van der Waals surface area contributed by atoms with Crippen LogP contribution in [0.1, 0.15) is 6.92 Å². The number of nitrogens with zero attached hydrogens (tertiary/aromatic N) is 1. The molecule has 3 N–H and O–H groups in total. The number of rotatable bonds is 5. The Bertz CT molecular complexity index is 671. The van der Waals surface area contributed by atoms with E-state index in [4.69, 9.17) is 63.4 Å². The zero-order valence-electron chi connectivity index (χ0n) is 12.5. The van der Waals surface area contributed by atoms with Crippen LogP contribution in [0.15, 0.2) is 18.2 Å². The number of thiocarbonyl (C=S) groups is 1. The lowest BCUT2D eigenvalue weighted by Crippen LogP contribution is -2.56. The molecule has 1 atom stereocenters. The minimum absolute atomic E-state index is 0.0520. The monoisotopic (exact) mass is 448 g/mol. The number of ether oxygens (including phenoxy) is 1. The summed E-state index contributed by atoms with van der Waals surface area (Å²) in [6.45, 7) is 1.74. The molecule has 1 rings (SSSR count). The van der Waals surface area contributed by atoms with Gasteiger partial charge in [-0.3, -0.25) is 15.4 Å². The van der Waals surface area contributed by atoms with Crippen molar-refractivity contribution >= 4 is 81.2 Å². The van der Waals surface area contributed by atoms with Gasteiger partial charge in [0.2, 0.25) is 3.79 Å². The van der Waals surface area contributed by atoms with Crippen LogP contribution >= 0.6 is 58.6 Å². The van der Waals surface area contributed by atoms with Crippen LogP contribution in [-0.4, -0.2) is 32.7 Å². The number of hydrogen-bond acceptors (Lipinski definition) is 5. The summed E-state index contributed by atoms with van der Waals surface area (Å²) in [6, 6.07) is 3.74. The SMILES string of the molecule is CCOC(=O)NC(NC(=S)Nc1ccc([N+](=O)[O-])cc1Cl)C(Cl)(Cl)Cl. The molecule has 1 aromatic rings. The molecule has 0 aromatic heterocycles. The first kappa shape index (κ1) is 21.8. The normalized spacial score (nSPS) is 12.0. The average Bonchev–Trinajstić information content (AvgIpc) is 2.47. The van der Waals surface area contributed by atoms with Crippen LogP contribution in [0, 0.1) is 10.1 Å². The molecule has 0 fully saturated rings. The Morgan fingerprint density at radius 2 is 2.04 bits per heavy atom. The molecule has 0 saturated carbocycles. The number of hydrogen-bond donors (Lipinski definition) is 3. The van der Waals surface area contributed by atoms with E-state index in [1.165, 1.54) is 12.1 Å². The van der Waals surface area contributed by atoms with Crippen LogP contribution in [0.2, 0.25) is 5.02 Å². The highest BCUT2D eigenvalue weighted by molar-refractivity contribution is 7.80. The molecule has 0 aliphatic rings. The Morgan fingerprint density at radius 3 is 2.52 bits per heavy atom. The number of nitro benzene ring substituents is 1. The number of non-ortho nitro benzene ring substituents is 1. The fraction of sp³-hybridized carbons (Fsp3) is 0.333. The summed E-state index contributed by atoms with van der Waals surface area (Å²) in [4.78, 5) is 21.6. The second kappa shape index (κ2) is 9.44. The average molecular weight is 450 g/mol. The molecule has 1 amide bonds. The molecular formula is C12H12Cl4N4O4S. The van der Waals surface area contributed by atoms with Crippen LogP contribution in [0.3, 0.4) is 0 Å². The number of carbonyl (C=O) groups is 1. The van der Waals surface area contributed by atoms with Gasteiger partial charge in [-0.15, -0.1) is 0 Å². The fourth-order valence-corrected chi connectivity index (χ4v) is 2.28. The third-order valence-electron chi connectivity index (χ3n) is 2.55. The lowest BCUT2D eigenvalue weighted by Gasteiger charge is -2.27. The summed E-state index contributed by atoms with van der Waals surface area (Å²) < 4.78 is 2.76. The molecule has 138 valence electrons. The van der Waals surface area contributed by atoms with Crippen LogP contribution in [0.5, 0.6) is 0 Å². The molecule has 1 aromatic carbocycles. The Kier molecular flexibility index (Phi) is 8.23. The maximum Gasteiger partial charge on any atom is 0.408 e. The molecular weight excluding hydrogens is 438 g/mol. The van der Waals surface area contributed by atoms with E-state index < -0.39 is 21.0 Å². The van der Waals surface area contributed by atoms with Crippen molar-refractivity contribution in [3.8, 4) is 0 Å². The van der Waals surface area contributed by atoms with Gasteiger partial charge in [0.05, 0.1) is 22.2 Å². The second-order valence-corrected chi connectivity index (χ2v) is 7.54. The molecule has 0 radical (unpaired) electrons. The van der Waals surface area contributed by atoms with Gasteiger partial charge in [-0.1, -0.05) is 46.4 Å². The van der Waals surface area contributed by atoms with E-state index in [-0.39, 0.29) is 28.1 Å². The summed E-state index contributed by atoms with van der Waals surface area (Å²) in [5.74, 6) is 0. The summed E-state index contributed by atoms with van der Waals surface area (Å²) in [6.07, 6.45) is -2.03. The number of halogens is 4. The first-order valence-electron chi connectivity index (χ1n) is 6.56. The Balaban J connectivity index is 2.81. The van der Waals surface area contributed by atoms with Gasteiger partial charge in [0.15, 0.2) is 11.3 Å². The third kappa shape index (κ3) is 7.25. The predicted octanol–water partition coefficient (Wildman–Crippen LogP) is 3.98. The standard InChI is InChI=1S/C12H12Cl4N4O4S/c1-2-24-11(21)19-9(12(14,15)16)18-10(25)17-8-4-3-6(20(22)23)5-7(8)13/h3-5,9H,2H2,1H3,(H,19,21)(H2,17,18,25). The highest BCUT2D eigenvalue weighted by Gasteiger charge is 2.35. The zero-order valence-corrected chi connectivity index (χ0v) is 16.4. The molecule has 8 nitrogen and oxygen atoms in total. The van der Waals surface area contributed by atoms with Crippen LogP contribution < -0.4 is 16.0 Å². The maximum absolute atomic E-state index is 11.5. The molecule has 25 heavy (non-hydrogen) atoms. The summed E-state index contributed by atoms with van der Waals surface area (Å²) in [7, 11) is 0. The van der Waals surface area contributed by atoms with Crippen molar-refractivity contribution in [2.24, 2.45) is 0 Å². The van der Waals surface area contributed by atoms with Crippen molar-refractivity contribution in [3.05, 3.63) is 33.3 Å². The minimum Gasteiger partial charge on any atom is -0.450 e. The fourth-order valence-electron chi connectivity index (χ4n) is 1.50. The number of alkyl halides is 3. The number of amides is 1. The smallest absolute Gasteiger partial charge is 0.408 e. The summed E-state index contributed by atoms with van der Waals surface area (Å²) in [5.41, 5.74) is 0.0987. The van der Waals surface area contributed by atoms with Gasteiger partial charge in [-0.25, -0.2) is 4.79 Å². The number of alkyl carbamates (subject to hydrolysis) is 1. The van der Waals surface area contributed by atoms with Crippen molar-refractivity contribution in [2.75, 3.05) is 11.9 Å². The van der Waals surface area contributed by atoms with Crippen LogP contribution in [0.4, 0.5) is 16.2 Å². The first-order chi connectivity index (χ1) is 11.5. The Morgan fingerprint density at radius 1 is 1.40 bits per heavy atom. The van der Waals surface area contributed by atoms with E-state index >= 15 is 0 Å². The Labute approximate surface area is 168 Å². The van der Waals surface area contributed by atoms with Crippen LogP contribution in [-0.2, 0) is 4.74 Å². The van der Waals surface area contributed by atoms with Crippen LogP contribution in [0.25, 0.3) is 0 Å². The van der Waals surface area contributed by atoms with E-state index in [2.05, 4.69) is 16.0 Å². The van der Waals surface area contributed by atoms with Gasteiger partial charge in [0.25, 0.3) is 5.69 Å². The quantitative estimate of drug-likeness (QED) is 0.205. The summed E-state index contributed by atoms with van der Waals surface area (Å²) in [5, 5.41) is 18.3.